The Morgan fingerprint density at radius 1 is 1.30 bits per heavy atom. The molecule has 0 fully saturated rings. The smallest absolute Gasteiger partial charge is 0.207 e. The van der Waals surface area contributed by atoms with Crippen molar-refractivity contribution in [3.05, 3.63) is 49.3 Å². The third kappa shape index (κ3) is 3.48. The van der Waals surface area contributed by atoms with Gasteiger partial charge in [-0.25, -0.2) is 12.8 Å². The van der Waals surface area contributed by atoms with Gasteiger partial charge in [-0.05, 0) is 56.1 Å². The number of hydrogen-bond acceptors (Lipinski definition) is 3. The van der Waals surface area contributed by atoms with E-state index in [-0.39, 0.29) is 15.9 Å². The van der Waals surface area contributed by atoms with Gasteiger partial charge in [-0.15, -0.1) is 11.3 Å². The summed E-state index contributed by atoms with van der Waals surface area (Å²) in [5.41, 5.74) is 0. The van der Waals surface area contributed by atoms with Crippen molar-refractivity contribution in [1.82, 2.24) is 4.31 Å². The van der Waals surface area contributed by atoms with Crippen LogP contribution in [0.5, 0.6) is 0 Å². The van der Waals surface area contributed by atoms with Gasteiger partial charge in [0.25, 0.3) is 0 Å². The first-order valence-electron chi connectivity index (χ1n) is 5.45. The molecule has 0 amide bonds. The maximum atomic E-state index is 13.5. The number of benzene rings is 1. The van der Waals surface area contributed by atoms with Crippen LogP contribution in [-0.4, -0.2) is 19.8 Å². The molecule has 0 aliphatic rings. The van der Waals surface area contributed by atoms with Gasteiger partial charge in [-0.2, -0.15) is 4.31 Å². The molecule has 0 N–H and O–H groups in total. The number of sulfonamides is 1. The molecule has 0 aliphatic heterocycles. The van der Waals surface area contributed by atoms with Crippen LogP contribution in [0.2, 0.25) is 0 Å². The van der Waals surface area contributed by atoms with Gasteiger partial charge in [-0.1, -0.05) is 0 Å². The number of halogens is 3. The zero-order valence-electron chi connectivity index (χ0n) is 10.3. The first-order chi connectivity index (χ1) is 9.30. The molecular formula is C12H10Br2FNO2S2. The standard InChI is InChI=1S/C12H10Br2FNO2S2/c1-16(6-9-4-8(13)7-19-9)20(17,18)10-2-3-11(14)12(15)5-10/h2-5,7H,6H2,1H3. The topological polar surface area (TPSA) is 37.4 Å². The van der Waals surface area contributed by atoms with Gasteiger partial charge in [0.05, 0.1) is 9.37 Å². The van der Waals surface area contributed by atoms with Crippen LogP contribution in [0.1, 0.15) is 4.88 Å². The van der Waals surface area contributed by atoms with E-state index in [1.807, 2.05) is 11.4 Å². The Kier molecular flexibility index (Phi) is 5.01. The van der Waals surface area contributed by atoms with Crippen LogP contribution in [0.25, 0.3) is 0 Å². The van der Waals surface area contributed by atoms with Crippen molar-refractivity contribution in [1.29, 1.82) is 0 Å². The van der Waals surface area contributed by atoms with Crippen LogP contribution in [0, 0.1) is 5.82 Å². The SMILES string of the molecule is CN(Cc1cc(Br)cs1)S(=O)(=O)c1ccc(Br)c(F)c1. The van der Waals surface area contributed by atoms with Crippen molar-refractivity contribution < 1.29 is 12.8 Å². The lowest BCUT2D eigenvalue weighted by atomic mass is 10.3. The minimum atomic E-state index is -3.70. The molecule has 0 atom stereocenters. The number of rotatable bonds is 4. The third-order valence-corrected chi connectivity index (χ3v) is 6.72. The highest BCUT2D eigenvalue weighted by Gasteiger charge is 2.22. The van der Waals surface area contributed by atoms with Gasteiger partial charge in [0.15, 0.2) is 0 Å². The van der Waals surface area contributed by atoms with E-state index in [2.05, 4.69) is 31.9 Å². The van der Waals surface area contributed by atoms with Gasteiger partial charge < -0.3 is 0 Å². The number of hydrogen-bond donors (Lipinski definition) is 0. The predicted molar refractivity (Wildman–Crippen MR) is 84.8 cm³/mol. The first-order valence-corrected chi connectivity index (χ1v) is 9.35. The van der Waals surface area contributed by atoms with Crippen LogP contribution in [0.4, 0.5) is 4.39 Å². The molecule has 3 nitrogen and oxygen atoms in total. The summed E-state index contributed by atoms with van der Waals surface area (Å²) >= 11 is 7.79. The van der Waals surface area contributed by atoms with E-state index < -0.39 is 15.8 Å². The van der Waals surface area contributed by atoms with Gasteiger partial charge in [0, 0.05) is 28.3 Å². The summed E-state index contributed by atoms with van der Waals surface area (Å²) in [5.74, 6) is -0.599. The lowest BCUT2D eigenvalue weighted by Crippen LogP contribution is -2.26. The molecule has 1 heterocycles. The fourth-order valence-electron chi connectivity index (χ4n) is 1.56. The van der Waals surface area contributed by atoms with Crippen molar-refractivity contribution in [2.24, 2.45) is 0 Å². The average molecular weight is 443 g/mol. The highest BCUT2D eigenvalue weighted by molar-refractivity contribution is 9.10. The predicted octanol–water partition coefficient (Wildman–Crippen LogP) is 4.23. The summed E-state index contributed by atoms with van der Waals surface area (Å²) in [4.78, 5) is 0.844. The van der Waals surface area contributed by atoms with Crippen LogP contribution < -0.4 is 0 Å². The highest BCUT2D eigenvalue weighted by Crippen LogP contribution is 2.25. The molecule has 0 saturated heterocycles. The van der Waals surface area contributed by atoms with Gasteiger partial charge in [0.2, 0.25) is 10.0 Å². The molecule has 1 aromatic carbocycles. The second-order valence-electron chi connectivity index (χ2n) is 4.07. The van der Waals surface area contributed by atoms with E-state index in [1.165, 1.54) is 34.8 Å². The Bertz CT molecular complexity index is 731. The summed E-state index contributed by atoms with van der Waals surface area (Å²) in [6.45, 7) is 0.246. The Morgan fingerprint density at radius 2 is 2.00 bits per heavy atom. The average Bonchev–Trinajstić information content (AvgIpc) is 2.78. The van der Waals surface area contributed by atoms with Crippen molar-refractivity contribution in [2.75, 3.05) is 7.05 Å². The zero-order chi connectivity index (χ0) is 14.9. The van der Waals surface area contributed by atoms with E-state index >= 15 is 0 Å². The lowest BCUT2D eigenvalue weighted by molar-refractivity contribution is 0.468. The molecule has 1 aromatic heterocycles. The monoisotopic (exact) mass is 441 g/mol. The summed E-state index contributed by atoms with van der Waals surface area (Å²) < 4.78 is 40.5. The van der Waals surface area contributed by atoms with Crippen LogP contribution in [-0.2, 0) is 16.6 Å². The zero-order valence-corrected chi connectivity index (χ0v) is 15.1. The minimum Gasteiger partial charge on any atom is -0.207 e. The van der Waals surface area contributed by atoms with E-state index in [1.54, 1.807) is 0 Å². The van der Waals surface area contributed by atoms with Crippen LogP contribution in [0.3, 0.4) is 0 Å². The van der Waals surface area contributed by atoms with E-state index in [9.17, 15) is 12.8 Å². The van der Waals surface area contributed by atoms with Crippen molar-refractivity contribution in [3.8, 4) is 0 Å². The molecule has 2 aromatic rings. The molecule has 0 saturated carbocycles. The van der Waals surface area contributed by atoms with Crippen LogP contribution in [0.15, 0.2) is 43.5 Å². The number of thiophene rings is 1. The molecule has 0 spiro atoms. The molecule has 8 heteroatoms. The second-order valence-corrected chi connectivity index (χ2v) is 8.88. The fourth-order valence-corrected chi connectivity index (χ4v) is 4.55. The highest BCUT2D eigenvalue weighted by atomic mass is 79.9. The molecule has 108 valence electrons. The second kappa shape index (κ2) is 6.23. The van der Waals surface area contributed by atoms with Gasteiger partial charge >= 0.3 is 0 Å². The Balaban J connectivity index is 2.27. The molecule has 0 aliphatic carbocycles. The maximum absolute atomic E-state index is 13.5. The molecular weight excluding hydrogens is 433 g/mol. The molecule has 0 bridgehead atoms. The van der Waals surface area contributed by atoms with Crippen LogP contribution >= 0.6 is 43.2 Å². The normalized spacial score (nSPS) is 12.1. The van der Waals surface area contributed by atoms with E-state index in [0.717, 1.165) is 15.4 Å². The lowest BCUT2D eigenvalue weighted by Gasteiger charge is -2.16. The van der Waals surface area contributed by atoms with Crippen molar-refractivity contribution in [2.45, 2.75) is 11.4 Å². The molecule has 20 heavy (non-hydrogen) atoms. The Hall–Kier alpha value is -0.280. The van der Waals surface area contributed by atoms with E-state index in [4.69, 9.17) is 0 Å². The first kappa shape index (κ1) is 16.1. The summed E-state index contributed by atoms with van der Waals surface area (Å²) in [7, 11) is -2.23. The summed E-state index contributed by atoms with van der Waals surface area (Å²) in [5, 5.41) is 1.88. The maximum Gasteiger partial charge on any atom is 0.243 e. The minimum absolute atomic E-state index is 0.0590. The Labute approximate surface area is 137 Å². The Morgan fingerprint density at radius 3 is 2.55 bits per heavy atom. The largest absolute Gasteiger partial charge is 0.243 e. The number of nitrogens with zero attached hydrogens (tertiary/aromatic N) is 1. The molecule has 0 unspecified atom stereocenters. The quantitative estimate of drug-likeness (QED) is 0.710. The third-order valence-electron chi connectivity index (χ3n) is 2.60. The van der Waals surface area contributed by atoms with E-state index in [0.29, 0.717) is 0 Å². The summed E-state index contributed by atoms with van der Waals surface area (Å²) in [6, 6.07) is 5.64. The summed E-state index contributed by atoms with van der Waals surface area (Å²) in [6.07, 6.45) is 0. The molecule has 0 radical (unpaired) electrons. The van der Waals surface area contributed by atoms with Crippen molar-refractivity contribution >= 4 is 53.2 Å². The van der Waals surface area contributed by atoms with Crippen molar-refractivity contribution in [3.63, 3.8) is 0 Å². The fraction of sp³-hybridized carbons (Fsp3) is 0.167. The molecule has 2 rings (SSSR count). The van der Waals surface area contributed by atoms with Gasteiger partial charge in [0.1, 0.15) is 5.82 Å². The van der Waals surface area contributed by atoms with Gasteiger partial charge in [-0.3, -0.25) is 0 Å².